The maximum absolute atomic E-state index is 14.0. The molecule has 2 atom stereocenters. The van der Waals surface area contributed by atoms with Crippen LogP contribution in [0, 0.1) is 5.82 Å². The number of nitrogens with zero attached hydrogens (tertiary/aromatic N) is 2. The van der Waals surface area contributed by atoms with Crippen molar-refractivity contribution in [1.82, 2.24) is 9.47 Å². The van der Waals surface area contributed by atoms with Crippen LogP contribution in [-0.2, 0) is 21.5 Å². The standard InChI is InChI=1S/C22H23FN2O4S/c1-15(25-12-9-18-19(23)3-2-4-20(18)25)21(26)24-13-10-22(27,11-14-24)16-5-7-17(8-6-16)30(28)29/h2-9,12,15,27H,10-11,13-14H2,1H3,(H,28,29)/p-1/t15-/m0/s1. The van der Waals surface area contributed by atoms with Crippen LogP contribution in [0.25, 0.3) is 10.9 Å². The number of halogens is 1. The highest BCUT2D eigenvalue weighted by Crippen LogP contribution is 2.34. The Morgan fingerprint density at radius 2 is 1.83 bits per heavy atom. The Balaban J connectivity index is 1.47. The number of fused-ring (bicyclic) bond motifs is 1. The molecule has 1 saturated heterocycles. The summed E-state index contributed by atoms with van der Waals surface area (Å²) in [4.78, 5) is 14.9. The van der Waals surface area contributed by atoms with Gasteiger partial charge in [-0.1, -0.05) is 18.2 Å². The first kappa shape index (κ1) is 20.7. The van der Waals surface area contributed by atoms with Gasteiger partial charge in [0, 0.05) is 29.6 Å². The molecule has 2 heterocycles. The Morgan fingerprint density at radius 1 is 1.17 bits per heavy atom. The number of carbonyl (C=O) groups is 1. The largest absolute Gasteiger partial charge is 0.768 e. The molecule has 3 aromatic rings. The second-order valence-electron chi connectivity index (χ2n) is 7.69. The molecule has 4 rings (SSSR count). The molecule has 0 saturated carbocycles. The number of hydrogen-bond acceptors (Lipinski definition) is 4. The third-order valence-electron chi connectivity index (χ3n) is 5.97. The monoisotopic (exact) mass is 429 g/mol. The third kappa shape index (κ3) is 3.66. The van der Waals surface area contributed by atoms with Crippen LogP contribution < -0.4 is 0 Å². The van der Waals surface area contributed by atoms with E-state index in [2.05, 4.69) is 0 Å². The molecule has 158 valence electrons. The first-order valence-electron chi connectivity index (χ1n) is 9.76. The van der Waals surface area contributed by atoms with E-state index >= 15 is 0 Å². The summed E-state index contributed by atoms with van der Waals surface area (Å²) in [6, 6.07) is 12.1. The quantitative estimate of drug-likeness (QED) is 0.646. The first-order chi connectivity index (χ1) is 14.3. The van der Waals surface area contributed by atoms with Gasteiger partial charge in [-0.3, -0.25) is 9.00 Å². The Kier molecular flexibility index (Phi) is 5.48. The average Bonchev–Trinajstić information content (AvgIpc) is 3.19. The summed E-state index contributed by atoms with van der Waals surface area (Å²) in [7, 11) is 0. The molecule has 0 spiro atoms. The second kappa shape index (κ2) is 7.94. The Bertz CT molecular complexity index is 1100. The zero-order valence-electron chi connectivity index (χ0n) is 16.5. The molecular weight excluding hydrogens is 407 g/mol. The average molecular weight is 429 g/mol. The number of hydrogen-bond donors (Lipinski definition) is 1. The molecule has 6 nitrogen and oxygen atoms in total. The van der Waals surface area contributed by atoms with Gasteiger partial charge in [-0.2, -0.15) is 0 Å². The molecule has 1 aliphatic heterocycles. The van der Waals surface area contributed by atoms with Crippen molar-refractivity contribution in [1.29, 1.82) is 0 Å². The highest BCUT2D eigenvalue weighted by Gasteiger charge is 2.36. The first-order valence-corrected chi connectivity index (χ1v) is 10.8. The summed E-state index contributed by atoms with van der Waals surface area (Å²) in [5, 5.41) is 11.5. The molecule has 1 aromatic heterocycles. The molecule has 0 aliphatic carbocycles. The molecule has 2 aromatic carbocycles. The van der Waals surface area contributed by atoms with E-state index in [9.17, 15) is 23.1 Å². The molecule has 0 bridgehead atoms. The number of aromatic nitrogens is 1. The maximum Gasteiger partial charge on any atom is 0.245 e. The van der Waals surface area contributed by atoms with Crippen LogP contribution in [0.15, 0.2) is 59.6 Å². The van der Waals surface area contributed by atoms with Crippen LogP contribution >= 0.6 is 0 Å². The van der Waals surface area contributed by atoms with E-state index in [-0.39, 0.29) is 16.6 Å². The predicted octanol–water partition coefficient (Wildman–Crippen LogP) is 3.09. The van der Waals surface area contributed by atoms with Crippen molar-refractivity contribution < 1.29 is 23.1 Å². The van der Waals surface area contributed by atoms with E-state index in [1.54, 1.807) is 52.9 Å². The van der Waals surface area contributed by atoms with Crippen LogP contribution in [0.5, 0.6) is 0 Å². The maximum atomic E-state index is 14.0. The van der Waals surface area contributed by atoms with Crippen molar-refractivity contribution in [3.8, 4) is 0 Å². The lowest BCUT2D eigenvalue weighted by Crippen LogP contribution is -2.47. The number of benzene rings is 2. The minimum absolute atomic E-state index is 0.0871. The number of aliphatic hydroxyl groups is 1. The van der Waals surface area contributed by atoms with Gasteiger partial charge in [0.15, 0.2) is 0 Å². The van der Waals surface area contributed by atoms with E-state index in [4.69, 9.17) is 0 Å². The van der Waals surface area contributed by atoms with Gasteiger partial charge in [-0.15, -0.1) is 0 Å². The van der Waals surface area contributed by atoms with Crippen LogP contribution in [0.4, 0.5) is 4.39 Å². The normalized spacial score (nSPS) is 18.3. The minimum atomic E-state index is -2.31. The number of carbonyl (C=O) groups excluding carboxylic acids is 1. The van der Waals surface area contributed by atoms with Crippen LogP contribution in [0.1, 0.15) is 31.4 Å². The van der Waals surface area contributed by atoms with Crippen molar-refractivity contribution >= 4 is 27.9 Å². The molecule has 1 fully saturated rings. The van der Waals surface area contributed by atoms with Crippen LogP contribution in [-0.4, -0.2) is 42.3 Å². The lowest BCUT2D eigenvalue weighted by Gasteiger charge is -2.39. The highest BCUT2D eigenvalue weighted by molar-refractivity contribution is 7.79. The lowest BCUT2D eigenvalue weighted by molar-refractivity contribution is -0.138. The van der Waals surface area contributed by atoms with E-state index < -0.39 is 22.7 Å². The number of piperidine rings is 1. The topological polar surface area (TPSA) is 85.6 Å². The summed E-state index contributed by atoms with van der Waals surface area (Å²) >= 11 is -2.31. The van der Waals surface area contributed by atoms with Crippen LogP contribution in [0.2, 0.25) is 0 Å². The Labute approximate surface area is 176 Å². The van der Waals surface area contributed by atoms with Gasteiger partial charge >= 0.3 is 0 Å². The van der Waals surface area contributed by atoms with Gasteiger partial charge in [0.2, 0.25) is 5.91 Å². The fraction of sp³-hybridized carbons (Fsp3) is 0.318. The molecule has 8 heteroatoms. The molecule has 1 aliphatic rings. The fourth-order valence-electron chi connectivity index (χ4n) is 4.13. The van der Waals surface area contributed by atoms with E-state index in [1.165, 1.54) is 18.2 Å². The summed E-state index contributed by atoms with van der Waals surface area (Å²) in [6.45, 7) is 2.54. The third-order valence-corrected chi connectivity index (χ3v) is 6.63. The van der Waals surface area contributed by atoms with Gasteiger partial charge in [0.1, 0.15) is 11.9 Å². The summed E-state index contributed by atoms with van der Waals surface area (Å²) in [6.07, 6.45) is 2.43. The Hall–Kier alpha value is -2.55. The van der Waals surface area contributed by atoms with E-state index in [0.29, 0.717) is 42.4 Å². The van der Waals surface area contributed by atoms with Gasteiger partial charge in [0.25, 0.3) is 0 Å². The fourth-order valence-corrected chi connectivity index (χ4v) is 4.49. The summed E-state index contributed by atoms with van der Waals surface area (Å²) in [5.41, 5.74) is 0.204. The zero-order chi connectivity index (χ0) is 21.5. The zero-order valence-corrected chi connectivity index (χ0v) is 17.3. The Morgan fingerprint density at radius 3 is 2.47 bits per heavy atom. The van der Waals surface area contributed by atoms with Crippen molar-refractivity contribution in [2.45, 2.75) is 36.3 Å². The minimum Gasteiger partial charge on any atom is -0.768 e. The van der Waals surface area contributed by atoms with Gasteiger partial charge in [-0.25, -0.2) is 4.39 Å². The molecule has 1 unspecified atom stereocenters. The smallest absolute Gasteiger partial charge is 0.245 e. The van der Waals surface area contributed by atoms with Crippen molar-refractivity contribution in [3.63, 3.8) is 0 Å². The van der Waals surface area contributed by atoms with Crippen molar-refractivity contribution in [2.24, 2.45) is 0 Å². The van der Waals surface area contributed by atoms with Gasteiger partial charge in [0.05, 0.1) is 11.1 Å². The molecule has 1 amide bonds. The second-order valence-corrected chi connectivity index (χ2v) is 8.63. The van der Waals surface area contributed by atoms with E-state index in [1.807, 2.05) is 0 Å². The van der Waals surface area contributed by atoms with Crippen molar-refractivity contribution in [3.05, 3.63) is 66.1 Å². The number of rotatable bonds is 4. The summed E-state index contributed by atoms with van der Waals surface area (Å²) < 4.78 is 37.8. The molecular formula is C22H22FN2O4S-. The highest BCUT2D eigenvalue weighted by atomic mass is 32.2. The number of amides is 1. The molecule has 0 radical (unpaired) electrons. The number of likely N-dealkylation sites (tertiary alicyclic amines) is 1. The van der Waals surface area contributed by atoms with Crippen molar-refractivity contribution in [2.75, 3.05) is 13.1 Å². The molecule has 1 N–H and O–H groups in total. The SMILES string of the molecule is C[C@@H](C(=O)N1CCC(O)(c2ccc(S(=O)[O-])cc2)CC1)n1ccc2c(F)cccc21. The van der Waals surface area contributed by atoms with E-state index in [0.717, 1.165) is 0 Å². The van der Waals surface area contributed by atoms with Gasteiger partial charge in [-0.05, 0) is 66.7 Å². The van der Waals surface area contributed by atoms with Crippen LogP contribution in [0.3, 0.4) is 0 Å². The predicted molar refractivity (Wildman–Crippen MR) is 110 cm³/mol. The van der Waals surface area contributed by atoms with Gasteiger partial charge < -0.3 is 19.1 Å². The summed E-state index contributed by atoms with van der Waals surface area (Å²) in [5.74, 6) is -0.406. The lowest BCUT2D eigenvalue weighted by atomic mass is 9.84. The molecule has 30 heavy (non-hydrogen) atoms.